The molecule has 0 radical (unpaired) electrons. The van der Waals surface area contributed by atoms with Crippen LogP contribution >= 0.6 is 0 Å². The molecule has 0 fully saturated rings. The van der Waals surface area contributed by atoms with Crippen molar-refractivity contribution in [2.45, 2.75) is 26.3 Å². The topological polar surface area (TPSA) is 92.9 Å². The highest BCUT2D eigenvalue weighted by Crippen LogP contribution is 2.20. The third kappa shape index (κ3) is 4.20. The van der Waals surface area contributed by atoms with Crippen molar-refractivity contribution in [3.63, 3.8) is 0 Å². The lowest BCUT2D eigenvalue weighted by Crippen LogP contribution is -2.32. The lowest BCUT2D eigenvalue weighted by atomic mass is 10.1. The van der Waals surface area contributed by atoms with Crippen LogP contribution < -0.4 is 10.6 Å². The molecule has 0 saturated carbocycles. The maximum absolute atomic E-state index is 12.2. The fourth-order valence-corrected chi connectivity index (χ4v) is 2.45. The number of benzene rings is 1. The van der Waals surface area contributed by atoms with E-state index < -0.39 is 0 Å². The number of nitrogens with one attached hydrogen (secondary N) is 2. The summed E-state index contributed by atoms with van der Waals surface area (Å²) >= 11 is 0. The lowest BCUT2D eigenvalue weighted by molar-refractivity contribution is 0.248. The molecule has 0 saturated heterocycles. The van der Waals surface area contributed by atoms with Gasteiger partial charge in [-0.3, -0.25) is 4.98 Å². The van der Waals surface area contributed by atoms with Crippen LogP contribution in [0.15, 0.2) is 53.2 Å². The summed E-state index contributed by atoms with van der Waals surface area (Å²) in [6, 6.07) is 10.7. The van der Waals surface area contributed by atoms with E-state index in [1.54, 1.807) is 31.5 Å². The SMILES string of the molecule is CC[C@@H](NC(=O)Nc1ccc(-c2nnc(C)o2)cc1)c1ccncc1. The van der Waals surface area contributed by atoms with Gasteiger partial charge in [-0.15, -0.1) is 10.2 Å². The van der Waals surface area contributed by atoms with Gasteiger partial charge >= 0.3 is 6.03 Å². The zero-order valence-electron chi connectivity index (χ0n) is 14.1. The molecular formula is C18H19N5O2. The zero-order valence-corrected chi connectivity index (χ0v) is 14.1. The van der Waals surface area contributed by atoms with E-state index in [9.17, 15) is 4.79 Å². The molecule has 1 aromatic carbocycles. The first-order valence-electron chi connectivity index (χ1n) is 8.03. The Labute approximate surface area is 145 Å². The van der Waals surface area contributed by atoms with Crippen LogP contribution in [0, 0.1) is 6.92 Å². The minimum atomic E-state index is -0.259. The Balaban J connectivity index is 1.62. The van der Waals surface area contributed by atoms with Gasteiger partial charge in [0.25, 0.3) is 0 Å². The van der Waals surface area contributed by atoms with Crippen LogP contribution in [0.1, 0.15) is 30.8 Å². The molecule has 25 heavy (non-hydrogen) atoms. The van der Waals surface area contributed by atoms with Gasteiger partial charge in [-0.2, -0.15) is 0 Å². The Bertz CT molecular complexity index is 830. The summed E-state index contributed by atoms with van der Waals surface area (Å²) in [6.45, 7) is 3.76. The number of hydrogen-bond donors (Lipinski definition) is 2. The van der Waals surface area contributed by atoms with Gasteiger partial charge in [-0.25, -0.2) is 4.79 Å². The van der Waals surface area contributed by atoms with Crippen LogP contribution in [0.25, 0.3) is 11.5 Å². The van der Waals surface area contributed by atoms with Gasteiger partial charge in [0.2, 0.25) is 11.8 Å². The molecule has 128 valence electrons. The number of nitrogens with zero attached hydrogens (tertiary/aromatic N) is 3. The predicted octanol–water partition coefficient (Wildman–Crippen LogP) is 3.71. The molecule has 7 nitrogen and oxygen atoms in total. The standard InChI is InChI=1S/C18H19N5O2/c1-3-16(13-8-10-19-11-9-13)21-18(24)20-15-6-4-14(5-7-15)17-23-22-12(2)25-17/h4-11,16H,3H2,1-2H3,(H2,20,21,24)/t16-/m1/s1. The Morgan fingerprint density at radius 1 is 1.12 bits per heavy atom. The van der Waals surface area contributed by atoms with Crippen molar-refractivity contribution in [2.75, 3.05) is 5.32 Å². The Morgan fingerprint density at radius 2 is 1.84 bits per heavy atom. The number of carbonyl (C=O) groups excluding carboxylic acids is 1. The van der Waals surface area contributed by atoms with Gasteiger partial charge in [-0.05, 0) is 48.4 Å². The maximum atomic E-state index is 12.2. The summed E-state index contributed by atoms with van der Waals surface area (Å²) in [5.41, 5.74) is 2.51. The number of aromatic nitrogens is 3. The van der Waals surface area contributed by atoms with E-state index in [4.69, 9.17) is 4.42 Å². The lowest BCUT2D eigenvalue weighted by Gasteiger charge is -2.17. The Morgan fingerprint density at radius 3 is 2.44 bits per heavy atom. The first-order chi connectivity index (χ1) is 12.2. The van der Waals surface area contributed by atoms with Crippen molar-refractivity contribution in [3.8, 4) is 11.5 Å². The van der Waals surface area contributed by atoms with E-state index in [1.165, 1.54) is 0 Å². The van der Waals surface area contributed by atoms with Crippen LogP contribution in [0.3, 0.4) is 0 Å². The first kappa shape index (κ1) is 16.6. The highest BCUT2D eigenvalue weighted by molar-refractivity contribution is 5.89. The van der Waals surface area contributed by atoms with Crippen molar-refractivity contribution in [1.29, 1.82) is 0 Å². The maximum Gasteiger partial charge on any atom is 0.319 e. The van der Waals surface area contributed by atoms with Gasteiger partial charge in [0, 0.05) is 30.6 Å². The fourth-order valence-electron chi connectivity index (χ4n) is 2.45. The minimum Gasteiger partial charge on any atom is -0.421 e. The molecule has 0 aliphatic carbocycles. The normalized spacial score (nSPS) is 11.8. The predicted molar refractivity (Wildman–Crippen MR) is 93.9 cm³/mol. The van der Waals surface area contributed by atoms with Crippen molar-refractivity contribution in [1.82, 2.24) is 20.5 Å². The second-order valence-corrected chi connectivity index (χ2v) is 5.54. The second-order valence-electron chi connectivity index (χ2n) is 5.54. The molecule has 2 N–H and O–H groups in total. The summed E-state index contributed by atoms with van der Waals surface area (Å²) in [5, 5.41) is 13.6. The number of rotatable bonds is 5. The Hall–Kier alpha value is -3.22. The van der Waals surface area contributed by atoms with E-state index in [1.807, 2.05) is 31.2 Å². The smallest absolute Gasteiger partial charge is 0.319 e. The summed E-state index contributed by atoms with van der Waals surface area (Å²) in [7, 11) is 0. The summed E-state index contributed by atoms with van der Waals surface area (Å²) in [5.74, 6) is 0.968. The third-order valence-electron chi connectivity index (χ3n) is 3.74. The van der Waals surface area contributed by atoms with Crippen LogP contribution in [0.2, 0.25) is 0 Å². The number of amides is 2. The van der Waals surface area contributed by atoms with Gasteiger partial charge in [0.15, 0.2) is 0 Å². The Kier molecular flexibility index (Phi) is 5.03. The van der Waals surface area contributed by atoms with E-state index in [0.717, 1.165) is 17.5 Å². The molecule has 0 unspecified atom stereocenters. The fraction of sp³-hybridized carbons (Fsp3) is 0.222. The molecule has 1 atom stereocenters. The highest BCUT2D eigenvalue weighted by atomic mass is 16.4. The number of hydrogen-bond acceptors (Lipinski definition) is 5. The molecule has 0 aliphatic heterocycles. The number of pyridine rings is 1. The van der Waals surface area contributed by atoms with E-state index in [0.29, 0.717) is 17.5 Å². The summed E-state index contributed by atoms with van der Waals surface area (Å²) in [4.78, 5) is 16.2. The van der Waals surface area contributed by atoms with Gasteiger partial charge in [0.1, 0.15) is 0 Å². The van der Waals surface area contributed by atoms with Crippen molar-refractivity contribution < 1.29 is 9.21 Å². The van der Waals surface area contributed by atoms with Crippen molar-refractivity contribution >= 4 is 11.7 Å². The molecule has 3 aromatic rings. The van der Waals surface area contributed by atoms with Crippen LogP contribution in [-0.2, 0) is 0 Å². The van der Waals surface area contributed by atoms with Gasteiger partial charge < -0.3 is 15.1 Å². The average Bonchev–Trinajstić information content (AvgIpc) is 3.07. The van der Waals surface area contributed by atoms with E-state index >= 15 is 0 Å². The molecule has 0 spiro atoms. The molecule has 0 bridgehead atoms. The molecule has 7 heteroatoms. The summed E-state index contributed by atoms with van der Waals surface area (Å²) in [6.07, 6.45) is 4.22. The molecule has 2 amide bonds. The number of anilines is 1. The van der Waals surface area contributed by atoms with Gasteiger partial charge in [0.05, 0.1) is 6.04 Å². The minimum absolute atomic E-state index is 0.0661. The number of aryl methyl sites for hydroxylation is 1. The third-order valence-corrected chi connectivity index (χ3v) is 3.74. The van der Waals surface area contributed by atoms with E-state index in [2.05, 4.69) is 25.8 Å². The molecular weight excluding hydrogens is 318 g/mol. The van der Waals surface area contributed by atoms with Crippen molar-refractivity contribution in [3.05, 3.63) is 60.2 Å². The quantitative estimate of drug-likeness (QED) is 0.740. The molecule has 3 rings (SSSR count). The van der Waals surface area contributed by atoms with Crippen LogP contribution in [0.4, 0.5) is 10.5 Å². The highest BCUT2D eigenvalue weighted by Gasteiger charge is 2.13. The zero-order chi connectivity index (χ0) is 17.6. The first-order valence-corrected chi connectivity index (χ1v) is 8.03. The van der Waals surface area contributed by atoms with Crippen LogP contribution in [-0.4, -0.2) is 21.2 Å². The van der Waals surface area contributed by atoms with E-state index in [-0.39, 0.29) is 12.1 Å². The molecule has 0 aliphatic rings. The number of urea groups is 1. The molecule has 2 aromatic heterocycles. The monoisotopic (exact) mass is 337 g/mol. The summed E-state index contributed by atoms with van der Waals surface area (Å²) < 4.78 is 5.38. The van der Waals surface area contributed by atoms with Gasteiger partial charge in [-0.1, -0.05) is 6.92 Å². The van der Waals surface area contributed by atoms with Crippen LogP contribution in [0.5, 0.6) is 0 Å². The largest absolute Gasteiger partial charge is 0.421 e. The average molecular weight is 337 g/mol. The van der Waals surface area contributed by atoms with Crippen molar-refractivity contribution in [2.24, 2.45) is 0 Å². The number of carbonyl (C=O) groups is 1. The second kappa shape index (κ2) is 7.57. The molecule has 2 heterocycles.